The summed E-state index contributed by atoms with van der Waals surface area (Å²) in [6.45, 7) is 2.75. The number of nitrogens with zero attached hydrogens (tertiary/aromatic N) is 2. The summed E-state index contributed by atoms with van der Waals surface area (Å²) in [5.74, 6) is -1.61. The van der Waals surface area contributed by atoms with E-state index in [1.54, 1.807) is 0 Å². The van der Waals surface area contributed by atoms with Crippen molar-refractivity contribution in [3.8, 4) is 0 Å². The Morgan fingerprint density at radius 3 is 2.58 bits per heavy atom. The molecule has 2 amide bonds. The monoisotopic (exact) mass is 286 g/mol. The zero-order valence-corrected chi connectivity index (χ0v) is 10.9. The molecule has 0 unspecified atom stereocenters. The van der Waals surface area contributed by atoms with E-state index in [4.69, 9.17) is 17.3 Å². The highest BCUT2D eigenvalue weighted by atomic mass is 35.5. The lowest BCUT2D eigenvalue weighted by atomic mass is 10.0. The second-order valence-corrected chi connectivity index (χ2v) is 4.56. The average molecular weight is 287 g/mol. The van der Waals surface area contributed by atoms with Crippen molar-refractivity contribution in [2.45, 2.75) is 19.4 Å². The van der Waals surface area contributed by atoms with Crippen LogP contribution in [0.15, 0.2) is 12.3 Å². The van der Waals surface area contributed by atoms with Crippen LogP contribution in [0, 0.1) is 10.1 Å². The molecule has 8 nitrogen and oxygen atoms in total. The second kappa shape index (κ2) is 5.19. The molecule has 102 valence electrons. The average Bonchev–Trinajstić information content (AvgIpc) is 2.27. The first-order valence-electron chi connectivity index (χ1n) is 5.08. The van der Waals surface area contributed by atoms with Gasteiger partial charge in [0, 0.05) is 6.20 Å². The molecule has 0 fully saturated rings. The normalized spacial score (nSPS) is 10.9. The molecule has 1 aromatic heterocycles. The lowest BCUT2D eigenvalue weighted by molar-refractivity contribution is -0.385. The van der Waals surface area contributed by atoms with Crippen LogP contribution in [-0.2, 0) is 4.79 Å². The summed E-state index contributed by atoms with van der Waals surface area (Å²) in [6, 6.07) is 1.14. The highest BCUT2D eigenvalue weighted by Crippen LogP contribution is 2.26. The first-order chi connectivity index (χ1) is 8.66. The summed E-state index contributed by atoms with van der Waals surface area (Å²) in [6.07, 6.45) is 1.15. The van der Waals surface area contributed by atoms with Crippen molar-refractivity contribution in [3.63, 3.8) is 0 Å². The Bertz CT molecular complexity index is 558. The van der Waals surface area contributed by atoms with Crippen LogP contribution in [0.5, 0.6) is 0 Å². The fourth-order valence-electron chi connectivity index (χ4n) is 1.20. The van der Waals surface area contributed by atoms with E-state index >= 15 is 0 Å². The summed E-state index contributed by atoms with van der Waals surface area (Å²) in [4.78, 5) is 36.6. The van der Waals surface area contributed by atoms with Crippen LogP contribution in [0.25, 0.3) is 0 Å². The van der Waals surface area contributed by atoms with Gasteiger partial charge in [-0.1, -0.05) is 11.6 Å². The minimum atomic E-state index is -1.35. The fourth-order valence-corrected chi connectivity index (χ4v) is 1.43. The van der Waals surface area contributed by atoms with Gasteiger partial charge in [0.15, 0.2) is 0 Å². The third-order valence-corrected chi connectivity index (χ3v) is 2.63. The van der Waals surface area contributed by atoms with Gasteiger partial charge >= 0.3 is 5.69 Å². The first-order valence-corrected chi connectivity index (χ1v) is 5.46. The van der Waals surface area contributed by atoms with Crippen molar-refractivity contribution >= 4 is 29.1 Å². The van der Waals surface area contributed by atoms with E-state index in [2.05, 4.69) is 10.3 Å². The van der Waals surface area contributed by atoms with Crippen molar-refractivity contribution in [3.05, 3.63) is 33.1 Å². The number of hydrogen-bond acceptors (Lipinski definition) is 5. The van der Waals surface area contributed by atoms with Gasteiger partial charge in [-0.3, -0.25) is 19.7 Å². The van der Waals surface area contributed by atoms with E-state index in [1.165, 1.54) is 13.8 Å². The lowest BCUT2D eigenvalue weighted by Gasteiger charge is -2.22. The zero-order chi connectivity index (χ0) is 14.8. The van der Waals surface area contributed by atoms with Gasteiger partial charge in [0.2, 0.25) is 11.1 Å². The molecule has 0 aliphatic heterocycles. The van der Waals surface area contributed by atoms with Crippen molar-refractivity contribution < 1.29 is 14.5 Å². The first kappa shape index (κ1) is 14.8. The standard InChI is InChI=1S/C10H11ClN4O4/c1-10(2,9(12)17)14-8(16)5-3-4-13-7(11)6(5)15(18)19/h3-4H,1-2H3,(H2,12,17)(H,14,16). The molecular weight excluding hydrogens is 276 g/mol. The van der Waals surface area contributed by atoms with Crippen molar-refractivity contribution in [1.82, 2.24) is 10.3 Å². The molecule has 1 heterocycles. The summed E-state index contributed by atoms with van der Waals surface area (Å²) in [5, 5.41) is 12.7. The van der Waals surface area contributed by atoms with Crippen LogP contribution in [-0.4, -0.2) is 27.3 Å². The predicted molar refractivity (Wildman–Crippen MR) is 66.6 cm³/mol. The maximum Gasteiger partial charge on any atom is 0.319 e. The maximum atomic E-state index is 11.9. The number of nitrogens with two attached hydrogens (primary N) is 1. The Balaban J connectivity index is 3.18. The number of rotatable bonds is 4. The molecule has 0 aliphatic carbocycles. The quantitative estimate of drug-likeness (QED) is 0.477. The SMILES string of the molecule is CC(C)(NC(=O)c1ccnc(Cl)c1[N+](=O)[O-])C(N)=O. The number of primary amides is 1. The molecule has 0 aliphatic rings. The third-order valence-electron chi connectivity index (χ3n) is 2.35. The number of aromatic nitrogens is 1. The Morgan fingerprint density at radius 1 is 1.53 bits per heavy atom. The van der Waals surface area contributed by atoms with Gasteiger partial charge in [0.1, 0.15) is 11.1 Å². The van der Waals surface area contributed by atoms with Crippen molar-refractivity contribution in [2.75, 3.05) is 0 Å². The smallest absolute Gasteiger partial charge is 0.319 e. The number of nitrogens with one attached hydrogen (secondary N) is 1. The molecular formula is C10H11ClN4O4. The number of nitro groups is 1. The number of amides is 2. The zero-order valence-electron chi connectivity index (χ0n) is 10.1. The summed E-state index contributed by atoms with van der Waals surface area (Å²) in [7, 11) is 0. The van der Waals surface area contributed by atoms with Crippen LogP contribution in [0.2, 0.25) is 5.15 Å². The molecule has 1 rings (SSSR count). The van der Waals surface area contributed by atoms with Crippen LogP contribution < -0.4 is 11.1 Å². The van der Waals surface area contributed by atoms with E-state index in [0.717, 1.165) is 12.3 Å². The highest BCUT2D eigenvalue weighted by Gasteiger charge is 2.31. The number of halogens is 1. The summed E-state index contributed by atoms with van der Waals surface area (Å²) < 4.78 is 0. The fraction of sp³-hybridized carbons (Fsp3) is 0.300. The van der Waals surface area contributed by atoms with Gasteiger partial charge in [-0.05, 0) is 19.9 Å². The van der Waals surface area contributed by atoms with Gasteiger partial charge in [-0.15, -0.1) is 0 Å². The second-order valence-electron chi connectivity index (χ2n) is 4.20. The van der Waals surface area contributed by atoms with E-state index < -0.39 is 33.1 Å². The molecule has 3 N–H and O–H groups in total. The number of carbonyl (C=O) groups excluding carboxylic acids is 2. The van der Waals surface area contributed by atoms with Crippen molar-refractivity contribution in [2.24, 2.45) is 5.73 Å². The third kappa shape index (κ3) is 3.16. The molecule has 0 bridgehead atoms. The van der Waals surface area contributed by atoms with Gasteiger partial charge in [0.25, 0.3) is 5.91 Å². The molecule has 9 heteroatoms. The summed E-state index contributed by atoms with van der Waals surface area (Å²) in [5.41, 5.74) is 2.84. The number of pyridine rings is 1. The van der Waals surface area contributed by atoms with Gasteiger partial charge in [-0.25, -0.2) is 4.98 Å². The van der Waals surface area contributed by atoms with E-state index in [-0.39, 0.29) is 5.56 Å². The Morgan fingerprint density at radius 2 is 2.11 bits per heavy atom. The maximum absolute atomic E-state index is 11.9. The molecule has 1 aromatic rings. The van der Waals surface area contributed by atoms with Crippen LogP contribution in [0.3, 0.4) is 0 Å². The minimum absolute atomic E-state index is 0.292. The van der Waals surface area contributed by atoms with E-state index in [0.29, 0.717) is 0 Å². The molecule has 0 aromatic carbocycles. The molecule has 0 saturated heterocycles. The molecule has 0 saturated carbocycles. The number of hydrogen-bond donors (Lipinski definition) is 2. The number of carbonyl (C=O) groups is 2. The van der Waals surface area contributed by atoms with Crippen LogP contribution in [0.1, 0.15) is 24.2 Å². The van der Waals surface area contributed by atoms with Gasteiger partial charge in [0.05, 0.1) is 4.92 Å². The minimum Gasteiger partial charge on any atom is -0.368 e. The molecule has 0 atom stereocenters. The molecule has 19 heavy (non-hydrogen) atoms. The molecule has 0 radical (unpaired) electrons. The Labute approximate surface area is 113 Å². The molecule has 0 spiro atoms. The van der Waals surface area contributed by atoms with Gasteiger partial charge < -0.3 is 11.1 Å². The topological polar surface area (TPSA) is 128 Å². The van der Waals surface area contributed by atoms with Gasteiger partial charge in [-0.2, -0.15) is 0 Å². The lowest BCUT2D eigenvalue weighted by Crippen LogP contribution is -2.53. The van der Waals surface area contributed by atoms with E-state index in [9.17, 15) is 19.7 Å². The van der Waals surface area contributed by atoms with E-state index in [1.807, 2.05) is 0 Å². The Hall–Kier alpha value is -2.22. The Kier molecular flexibility index (Phi) is 4.05. The van der Waals surface area contributed by atoms with Crippen molar-refractivity contribution in [1.29, 1.82) is 0 Å². The van der Waals surface area contributed by atoms with Crippen LogP contribution >= 0.6 is 11.6 Å². The predicted octanol–water partition coefficient (Wildman–Crippen LogP) is 0.637. The summed E-state index contributed by atoms with van der Waals surface area (Å²) >= 11 is 5.58. The highest BCUT2D eigenvalue weighted by molar-refractivity contribution is 6.32. The largest absolute Gasteiger partial charge is 0.368 e. The van der Waals surface area contributed by atoms with Crippen LogP contribution in [0.4, 0.5) is 5.69 Å².